The van der Waals surface area contributed by atoms with Crippen LogP contribution in [-0.4, -0.2) is 25.9 Å². The van der Waals surface area contributed by atoms with Crippen LogP contribution in [0.15, 0.2) is 35.7 Å². The van der Waals surface area contributed by atoms with Gasteiger partial charge in [0.2, 0.25) is 5.91 Å². The number of rotatable bonds is 5. The number of thioether (sulfide) groups is 1. The maximum Gasteiger partial charge on any atom is 0.237 e. The maximum absolute atomic E-state index is 13.1. The molecule has 112 valence electrons. The topological polar surface area (TPSA) is 59.8 Å². The van der Waals surface area contributed by atoms with E-state index in [1.807, 2.05) is 18.4 Å². The Morgan fingerprint density at radius 2 is 2.14 bits per heavy atom. The van der Waals surface area contributed by atoms with Crippen molar-refractivity contribution in [2.45, 2.75) is 37.2 Å². The Morgan fingerprint density at radius 1 is 1.38 bits per heavy atom. The van der Waals surface area contributed by atoms with Crippen molar-refractivity contribution in [2.24, 2.45) is 0 Å². The Bertz CT molecular complexity index is 629. The lowest BCUT2D eigenvalue weighted by Crippen LogP contribution is -2.23. The highest BCUT2D eigenvalue weighted by Crippen LogP contribution is 2.24. The van der Waals surface area contributed by atoms with Crippen LogP contribution < -0.4 is 5.32 Å². The van der Waals surface area contributed by atoms with Crippen molar-refractivity contribution in [3.05, 3.63) is 36.4 Å². The van der Waals surface area contributed by atoms with Crippen molar-refractivity contribution in [1.82, 2.24) is 14.8 Å². The number of carbonyl (C=O) groups excluding carboxylic acids is 1. The molecule has 1 amide bonds. The molecule has 0 fully saturated rings. The lowest BCUT2D eigenvalue weighted by atomic mass is 10.3. The first-order valence-electron chi connectivity index (χ1n) is 6.60. The van der Waals surface area contributed by atoms with Gasteiger partial charge in [-0.3, -0.25) is 4.79 Å². The predicted octanol–water partition coefficient (Wildman–Crippen LogP) is 3.12. The van der Waals surface area contributed by atoms with E-state index in [-0.39, 0.29) is 23.0 Å². The van der Waals surface area contributed by atoms with Gasteiger partial charge in [0, 0.05) is 11.7 Å². The van der Waals surface area contributed by atoms with Gasteiger partial charge in [-0.05, 0) is 39.0 Å². The molecule has 1 aromatic heterocycles. The third-order valence-corrected chi connectivity index (χ3v) is 3.91. The molecule has 2 rings (SSSR count). The number of halogens is 1. The first kappa shape index (κ1) is 15.5. The van der Waals surface area contributed by atoms with Gasteiger partial charge in [-0.25, -0.2) is 4.39 Å². The first-order chi connectivity index (χ1) is 9.97. The number of carbonyl (C=O) groups is 1. The monoisotopic (exact) mass is 308 g/mol. The van der Waals surface area contributed by atoms with Gasteiger partial charge in [-0.15, -0.1) is 10.2 Å². The second-order valence-corrected chi connectivity index (χ2v) is 6.18. The molecule has 1 heterocycles. The van der Waals surface area contributed by atoms with Gasteiger partial charge in [0.25, 0.3) is 0 Å². The Morgan fingerprint density at radius 3 is 2.81 bits per heavy atom. The molecule has 0 saturated heterocycles. The molecule has 0 aliphatic carbocycles. The quantitative estimate of drug-likeness (QED) is 0.862. The summed E-state index contributed by atoms with van der Waals surface area (Å²) in [7, 11) is 0. The number of nitrogens with zero attached hydrogens (tertiary/aromatic N) is 3. The van der Waals surface area contributed by atoms with Crippen LogP contribution in [-0.2, 0) is 4.79 Å². The Balaban J connectivity index is 2.01. The first-order valence-corrected chi connectivity index (χ1v) is 7.48. The van der Waals surface area contributed by atoms with Crippen molar-refractivity contribution in [3.63, 3.8) is 0 Å². The number of benzene rings is 1. The fourth-order valence-corrected chi connectivity index (χ4v) is 2.65. The molecule has 1 atom stereocenters. The summed E-state index contributed by atoms with van der Waals surface area (Å²) in [5.41, 5.74) is 0.442. The van der Waals surface area contributed by atoms with Crippen molar-refractivity contribution in [1.29, 1.82) is 0 Å². The zero-order chi connectivity index (χ0) is 15.4. The fraction of sp³-hybridized carbons (Fsp3) is 0.357. The van der Waals surface area contributed by atoms with E-state index in [0.717, 1.165) is 0 Å². The molecule has 0 saturated carbocycles. The van der Waals surface area contributed by atoms with E-state index in [2.05, 4.69) is 15.5 Å². The van der Waals surface area contributed by atoms with Gasteiger partial charge in [0.1, 0.15) is 12.1 Å². The number of hydrogen-bond donors (Lipinski definition) is 1. The van der Waals surface area contributed by atoms with Gasteiger partial charge >= 0.3 is 0 Å². The minimum atomic E-state index is -0.382. The summed E-state index contributed by atoms with van der Waals surface area (Å²) in [5.74, 6) is -0.587. The molecule has 0 aliphatic rings. The van der Waals surface area contributed by atoms with E-state index in [1.165, 1.54) is 23.9 Å². The average Bonchev–Trinajstić information content (AvgIpc) is 2.87. The van der Waals surface area contributed by atoms with E-state index < -0.39 is 0 Å². The molecule has 21 heavy (non-hydrogen) atoms. The van der Waals surface area contributed by atoms with Crippen LogP contribution >= 0.6 is 11.8 Å². The summed E-state index contributed by atoms with van der Waals surface area (Å²) in [4.78, 5) is 12.1. The predicted molar refractivity (Wildman–Crippen MR) is 80.8 cm³/mol. The molecule has 0 spiro atoms. The van der Waals surface area contributed by atoms with Crippen LogP contribution in [0.1, 0.15) is 26.8 Å². The van der Waals surface area contributed by atoms with Crippen LogP contribution in [0, 0.1) is 5.82 Å². The number of hydrogen-bond acceptors (Lipinski definition) is 4. The van der Waals surface area contributed by atoms with Gasteiger partial charge in [0.15, 0.2) is 5.16 Å². The third kappa shape index (κ3) is 4.04. The molecule has 1 N–H and O–H groups in total. The molecule has 7 heteroatoms. The molecular weight excluding hydrogens is 291 g/mol. The summed E-state index contributed by atoms with van der Waals surface area (Å²) >= 11 is 1.32. The SMILES string of the molecule is CC(Sc1nncn1C(C)C)C(=O)Nc1cccc(F)c1. The van der Waals surface area contributed by atoms with Crippen molar-refractivity contribution in [3.8, 4) is 0 Å². The summed E-state index contributed by atoms with van der Waals surface area (Å²) in [6.07, 6.45) is 1.64. The van der Waals surface area contributed by atoms with Crippen LogP contribution in [0.25, 0.3) is 0 Å². The van der Waals surface area contributed by atoms with Crippen LogP contribution in [0.5, 0.6) is 0 Å². The minimum Gasteiger partial charge on any atom is -0.325 e. The van der Waals surface area contributed by atoms with E-state index in [0.29, 0.717) is 10.8 Å². The molecule has 0 aliphatic heterocycles. The maximum atomic E-state index is 13.1. The fourth-order valence-electron chi connectivity index (χ4n) is 1.69. The molecule has 1 aromatic carbocycles. The lowest BCUT2D eigenvalue weighted by Gasteiger charge is -2.14. The molecule has 5 nitrogen and oxygen atoms in total. The van der Waals surface area contributed by atoms with Gasteiger partial charge in [0.05, 0.1) is 5.25 Å². The van der Waals surface area contributed by atoms with Crippen molar-refractivity contribution < 1.29 is 9.18 Å². The molecule has 2 aromatic rings. The normalized spacial score (nSPS) is 12.4. The Hall–Kier alpha value is -1.89. The molecule has 1 unspecified atom stereocenters. The molecule has 0 bridgehead atoms. The summed E-state index contributed by atoms with van der Waals surface area (Å²) in [6.45, 7) is 5.81. The van der Waals surface area contributed by atoms with Gasteiger partial charge in [-0.2, -0.15) is 0 Å². The van der Waals surface area contributed by atoms with E-state index in [1.54, 1.807) is 25.4 Å². The number of anilines is 1. The van der Waals surface area contributed by atoms with Gasteiger partial charge in [-0.1, -0.05) is 17.8 Å². The van der Waals surface area contributed by atoms with Crippen molar-refractivity contribution in [2.75, 3.05) is 5.32 Å². The zero-order valence-electron chi connectivity index (χ0n) is 12.1. The van der Waals surface area contributed by atoms with Crippen LogP contribution in [0.4, 0.5) is 10.1 Å². The highest BCUT2D eigenvalue weighted by molar-refractivity contribution is 8.00. The zero-order valence-corrected chi connectivity index (χ0v) is 12.9. The lowest BCUT2D eigenvalue weighted by molar-refractivity contribution is -0.115. The van der Waals surface area contributed by atoms with E-state index >= 15 is 0 Å². The average molecular weight is 308 g/mol. The van der Waals surface area contributed by atoms with Crippen LogP contribution in [0.2, 0.25) is 0 Å². The smallest absolute Gasteiger partial charge is 0.237 e. The molecule has 0 radical (unpaired) electrons. The standard InChI is InChI=1S/C14H17FN4OS/c1-9(2)19-8-16-18-14(19)21-10(3)13(20)17-12-6-4-5-11(15)7-12/h4-10H,1-3H3,(H,17,20). The number of nitrogens with one attached hydrogen (secondary N) is 1. The summed E-state index contributed by atoms with van der Waals surface area (Å²) in [6, 6.07) is 6.04. The second-order valence-electron chi connectivity index (χ2n) is 4.87. The summed E-state index contributed by atoms with van der Waals surface area (Å²) < 4.78 is 15.0. The van der Waals surface area contributed by atoms with Crippen molar-refractivity contribution >= 4 is 23.4 Å². The van der Waals surface area contributed by atoms with Gasteiger partial charge < -0.3 is 9.88 Å². The number of amides is 1. The minimum absolute atomic E-state index is 0.205. The largest absolute Gasteiger partial charge is 0.325 e. The summed E-state index contributed by atoms with van der Waals surface area (Å²) in [5, 5.41) is 10.9. The van der Waals surface area contributed by atoms with Crippen LogP contribution in [0.3, 0.4) is 0 Å². The third-order valence-electron chi connectivity index (χ3n) is 2.84. The number of aromatic nitrogens is 3. The molecular formula is C14H17FN4OS. The Labute approximate surface area is 127 Å². The highest BCUT2D eigenvalue weighted by Gasteiger charge is 2.18. The van der Waals surface area contributed by atoms with E-state index in [9.17, 15) is 9.18 Å². The van der Waals surface area contributed by atoms with E-state index in [4.69, 9.17) is 0 Å². The Kier molecular flexibility index (Phi) is 4.95. The second kappa shape index (κ2) is 6.71. The highest BCUT2D eigenvalue weighted by atomic mass is 32.2.